The maximum Gasteiger partial charge on any atom is 0.233 e. The first-order valence-corrected chi connectivity index (χ1v) is 3.87. The third-order valence-corrected chi connectivity index (χ3v) is 2.25. The van der Waals surface area contributed by atoms with E-state index in [4.69, 9.17) is 10.5 Å². The van der Waals surface area contributed by atoms with E-state index in [2.05, 4.69) is 9.78 Å². The number of hydrogen-bond acceptors (Lipinski definition) is 4. The van der Waals surface area contributed by atoms with Crippen LogP contribution in [0.3, 0.4) is 0 Å². The minimum atomic E-state index is -1.16. The van der Waals surface area contributed by atoms with Crippen LogP contribution >= 0.6 is 0 Å². The van der Waals surface area contributed by atoms with Gasteiger partial charge in [-0.05, 0) is 12.3 Å². The van der Waals surface area contributed by atoms with E-state index in [1.165, 1.54) is 0 Å². The van der Waals surface area contributed by atoms with Crippen molar-refractivity contribution in [3.05, 3.63) is 0 Å². The van der Waals surface area contributed by atoms with Gasteiger partial charge in [-0.25, -0.2) is 20.3 Å². The second-order valence-corrected chi connectivity index (χ2v) is 3.29. The molecule has 1 atom stereocenters. The molecule has 4 heteroatoms. The van der Waals surface area contributed by atoms with Crippen LogP contribution < -0.4 is 0 Å². The molecule has 11 heavy (non-hydrogen) atoms. The fourth-order valence-electron chi connectivity index (χ4n) is 1.64. The van der Waals surface area contributed by atoms with Gasteiger partial charge in [0, 0.05) is 12.8 Å². The molecule has 0 unspecified atom stereocenters. The fraction of sp³-hybridized carbons (Fsp3) is 1.00. The van der Waals surface area contributed by atoms with Crippen LogP contribution in [0.15, 0.2) is 0 Å². The zero-order valence-electron chi connectivity index (χ0n) is 6.62. The fourth-order valence-corrected chi connectivity index (χ4v) is 1.64. The Kier molecular flexibility index (Phi) is 2.84. The minimum Gasteiger partial charge on any atom is -0.249 e. The van der Waals surface area contributed by atoms with Crippen molar-refractivity contribution in [2.75, 3.05) is 0 Å². The van der Waals surface area contributed by atoms with Gasteiger partial charge in [0.05, 0.1) is 0 Å². The van der Waals surface area contributed by atoms with E-state index in [1.807, 2.05) is 6.92 Å². The lowest BCUT2D eigenvalue weighted by atomic mass is 9.86. The van der Waals surface area contributed by atoms with Gasteiger partial charge in [-0.1, -0.05) is 13.3 Å². The highest BCUT2D eigenvalue weighted by atomic mass is 17.2. The minimum absolute atomic E-state index is 0.419. The number of hydrogen-bond donors (Lipinski definition) is 2. The van der Waals surface area contributed by atoms with Crippen molar-refractivity contribution in [1.82, 2.24) is 0 Å². The maximum atomic E-state index is 8.47. The molecule has 66 valence electrons. The van der Waals surface area contributed by atoms with Gasteiger partial charge in [0.2, 0.25) is 5.79 Å². The smallest absolute Gasteiger partial charge is 0.233 e. The number of rotatable bonds is 2. The quantitative estimate of drug-likeness (QED) is 0.369. The molecular formula is C7H14O4. The van der Waals surface area contributed by atoms with Crippen LogP contribution in [0.1, 0.15) is 32.6 Å². The third-order valence-electron chi connectivity index (χ3n) is 2.25. The summed E-state index contributed by atoms with van der Waals surface area (Å²) in [5, 5.41) is 16.9. The lowest BCUT2D eigenvalue weighted by molar-refractivity contribution is -0.494. The van der Waals surface area contributed by atoms with E-state index in [0.717, 1.165) is 12.8 Å². The van der Waals surface area contributed by atoms with Crippen molar-refractivity contribution in [2.24, 2.45) is 5.92 Å². The van der Waals surface area contributed by atoms with Gasteiger partial charge < -0.3 is 0 Å². The molecule has 0 aliphatic heterocycles. The van der Waals surface area contributed by atoms with Crippen molar-refractivity contribution >= 4 is 0 Å². The van der Waals surface area contributed by atoms with Gasteiger partial charge in [-0.2, -0.15) is 0 Å². The molecule has 0 spiro atoms. The van der Waals surface area contributed by atoms with Crippen LogP contribution in [-0.4, -0.2) is 16.3 Å². The van der Waals surface area contributed by atoms with Gasteiger partial charge in [-0.15, -0.1) is 0 Å². The van der Waals surface area contributed by atoms with Gasteiger partial charge in [-0.3, -0.25) is 0 Å². The van der Waals surface area contributed by atoms with E-state index in [0.29, 0.717) is 18.8 Å². The summed E-state index contributed by atoms with van der Waals surface area (Å²) < 4.78 is 0. The first-order chi connectivity index (χ1) is 5.22. The summed E-state index contributed by atoms with van der Waals surface area (Å²) in [6.07, 6.45) is 3.08. The van der Waals surface area contributed by atoms with E-state index >= 15 is 0 Å². The molecule has 1 aliphatic rings. The zero-order chi connectivity index (χ0) is 8.32. The molecule has 0 amide bonds. The van der Waals surface area contributed by atoms with Crippen LogP contribution in [0.25, 0.3) is 0 Å². The molecule has 0 saturated heterocycles. The first-order valence-electron chi connectivity index (χ1n) is 3.87. The van der Waals surface area contributed by atoms with Crippen molar-refractivity contribution in [3.63, 3.8) is 0 Å². The molecule has 2 N–H and O–H groups in total. The predicted octanol–water partition coefficient (Wildman–Crippen LogP) is 1.87. The summed E-state index contributed by atoms with van der Waals surface area (Å²) in [5.74, 6) is -0.736. The van der Waals surface area contributed by atoms with E-state index < -0.39 is 5.79 Å². The monoisotopic (exact) mass is 162 g/mol. The Hall–Kier alpha value is -0.160. The molecule has 1 aliphatic carbocycles. The molecule has 0 aromatic heterocycles. The average Bonchev–Trinajstić information content (AvgIpc) is 2.04. The van der Waals surface area contributed by atoms with Gasteiger partial charge in [0.25, 0.3) is 0 Å². The lowest BCUT2D eigenvalue weighted by Crippen LogP contribution is -2.38. The van der Waals surface area contributed by atoms with Crippen LogP contribution in [-0.2, 0) is 9.78 Å². The van der Waals surface area contributed by atoms with E-state index in [1.54, 1.807) is 0 Å². The molecule has 1 fully saturated rings. The summed E-state index contributed by atoms with van der Waals surface area (Å²) in [6.45, 7) is 2.03. The lowest BCUT2D eigenvalue weighted by Gasteiger charge is -2.33. The Labute approximate surface area is 65.6 Å². The molecule has 1 saturated carbocycles. The highest BCUT2D eigenvalue weighted by Gasteiger charge is 2.38. The highest BCUT2D eigenvalue weighted by Crippen LogP contribution is 2.34. The Morgan fingerprint density at radius 1 is 1.36 bits per heavy atom. The van der Waals surface area contributed by atoms with Crippen molar-refractivity contribution in [1.29, 1.82) is 0 Å². The Morgan fingerprint density at radius 2 is 2.00 bits per heavy atom. The summed E-state index contributed by atoms with van der Waals surface area (Å²) in [6, 6.07) is 0. The topological polar surface area (TPSA) is 58.9 Å². The van der Waals surface area contributed by atoms with Crippen molar-refractivity contribution < 1.29 is 20.3 Å². The summed E-state index contributed by atoms with van der Waals surface area (Å²) in [7, 11) is 0. The SMILES string of the molecule is C[C@@H]1CCCC(OO)(OO)C1. The average molecular weight is 162 g/mol. The Balaban J connectivity index is 2.52. The molecule has 0 aromatic carbocycles. The molecule has 0 bridgehead atoms. The largest absolute Gasteiger partial charge is 0.249 e. The Morgan fingerprint density at radius 3 is 2.36 bits per heavy atom. The molecule has 4 nitrogen and oxygen atoms in total. The zero-order valence-corrected chi connectivity index (χ0v) is 6.62. The Bertz CT molecular complexity index is 122. The normalized spacial score (nSPS) is 30.3. The van der Waals surface area contributed by atoms with Crippen LogP contribution in [0, 0.1) is 5.92 Å². The van der Waals surface area contributed by atoms with E-state index in [9.17, 15) is 0 Å². The summed E-state index contributed by atoms with van der Waals surface area (Å²) >= 11 is 0. The van der Waals surface area contributed by atoms with E-state index in [-0.39, 0.29) is 0 Å². The van der Waals surface area contributed by atoms with Crippen LogP contribution in [0.2, 0.25) is 0 Å². The predicted molar refractivity (Wildman–Crippen MR) is 37.8 cm³/mol. The molecule has 1 rings (SSSR count). The first kappa shape index (κ1) is 8.93. The van der Waals surface area contributed by atoms with Gasteiger partial charge in [0.15, 0.2) is 0 Å². The van der Waals surface area contributed by atoms with Gasteiger partial charge >= 0.3 is 0 Å². The molecule has 0 radical (unpaired) electrons. The standard InChI is InChI=1S/C7H14O4/c1-6-3-2-4-7(5-6,10-8)11-9/h6,8-9H,2-5H2,1H3/t6-/m1/s1. The second-order valence-electron chi connectivity index (χ2n) is 3.29. The second kappa shape index (κ2) is 3.49. The third kappa shape index (κ3) is 1.90. The van der Waals surface area contributed by atoms with Crippen molar-refractivity contribution in [2.45, 2.75) is 38.4 Å². The van der Waals surface area contributed by atoms with Crippen LogP contribution in [0.4, 0.5) is 0 Å². The molecule has 0 aromatic rings. The highest BCUT2D eigenvalue weighted by molar-refractivity contribution is 4.76. The summed E-state index contributed by atoms with van der Waals surface area (Å²) in [4.78, 5) is 8.25. The van der Waals surface area contributed by atoms with Crippen LogP contribution in [0.5, 0.6) is 0 Å². The maximum absolute atomic E-state index is 8.47. The molecule has 0 heterocycles. The van der Waals surface area contributed by atoms with Crippen molar-refractivity contribution in [3.8, 4) is 0 Å². The molecular weight excluding hydrogens is 148 g/mol. The summed E-state index contributed by atoms with van der Waals surface area (Å²) in [5.41, 5.74) is 0. The van der Waals surface area contributed by atoms with Gasteiger partial charge in [0.1, 0.15) is 0 Å².